The minimum absolute atomic E-state index is 0.0246. The summed E-state index contributed by atoms with van der Waals surface area (Å²) in [6, 6.07) is 5.76. The van der Waals surface area contributed by atoms with Gasteiger partial charge in [-0.2, -0.15) is 0 Å². The third kappa shape index (κ3) is 3.40. The lowest BCUT2D eigenvalue weighted by molar-refractivity contribution is -0.125. The molecule has 2 aromatic carbocycles. The quantitative estimate of drug-likeness (QED) is 0.782. The van der Waals surface area contributed by atoms with E-state index in [1.165, 1.54) is 0 Å². The minimum Gasteiger partial charge on any atom is -0.486 e. The highest BCUT2D eigenvalue weighted by Gasteiger charge is 2.34. The molecule has 0 fully saturated rings. The third-order valence-electron chi connectivity index (χ3n) is 4.28. The normalized spacial score (nSPS) is 17.3. The fraction of sp³-hybridized carbons (Fsp3) is 0.222. The molecule has 2 aromatic rings. The molecule has 140 valence electrons. The Bertz CT molecular complexity index is 964. The van der Waals surface area contributed by atoms with Crippen LogP contribution in [-0.4, -0.2) is 25.0 Å². The number of ether oxygens (including phenoxy) is 2. The van der Waals surface area contributed by atoms with Crippen molar-refractivity contribution in [3.63, 3.8) is 0 Å². The monoisotopic (exact) mass is 426 g/mol. The van der Waals surface area contributed by atoms with Crippen LogP contribution in [0.25, 0.3) is 0 Å². The van der Waals surface area contributed by atoms with Crippen molar-refractivity contribution < 1.29 is 19.1 Å². The molecule has 2 N–H and O–H groups in total. The molecular weight excluding hydrogens is 415 g/mol. The molecule has 0 saturated heterocycles. The first-order valence-corrected chi connectivity index (χ1v) is 9.23. The second-order valence-corrected chi connectivity index (χ2v) is 7.29. The number of halogens is 3. The summed E-state index contributed by atoms with van der Waals surface area (Å²) in [4.78, 5) is 24.7. The van der Waals surface area contributed by atoms with Crippen molar-refractivity contribution in [1.29, 1.82) is 0 Å². The molecule has 1 atom stereocenters. The Morgan fingerprint density at radius 2 is 1.93 bits per heavy atom. The van der Waals surface area contributed by atoms with Crippen molar-refractivity contribution in [2.24, 2.45) is 0 Å². The van der Waals surface area contributed by atoms with Crippen LogP contribution in [0.5, 0.6) is 11.5 Å². The van der Waals surface area contributed by atoms with Crippen molar-refractivity contribution in [1.82, 2.24) is 5.32 Å². The van der Waals surface area contributed by atoms with Crippen LogP contribution in [0.15, 0.2) is 24.3 Å². The zero-order valence-electron chi connectivity index (χ0n) is 13.8. The third-order valence-corrected chi connectivity index (χ3v) is 5.36. The summed E-state index contributed by atoms with van der Waals surface area (Å²) in [6.07, 6.45) is 0.0246. The fourth-order valence-electron chi connectivity index (χ4n) is 3.08. The number of hydrogen-bond acceptors (Lipinski definition) is 4. The maximum Gasteiger partial charge on any atom is 0.251 e. The van der Waals surface area contributed by atoms with Crippen molar-refractivity contribution in [3.05, 3.63) is 50.5 Å². The van der Waals surface area contributed by atoms with E-state index >= 15 is 0 Å². The Balaban J connectivity index is 1.52. The molecule has 2 amide bonds. The van der Waals surface area contributed by atoms with Crippen LogP contribution in [0.4, 0.5) is 5.69 Å². The molecule has 27 heavy (non-hydrogen) atoms. The van der Waals surface area contributed by atoms with Crippen LogP contribution < -0.4 is 20.1 Å². The number of fused-ring (bicyclic) bond motifs is 2. The maximum atomic E-state index is 12.5. The predicted molar refractivity (Wildman–Crippen MR) is 102 cm³/mol. The molecule has 0 radical (unpaired) electrons. The predicted octanol–water partition coefficient (Wildman–Crippen LogP) is 3.77. The van der Waals surface area contributed by atoms with E-state index in [0.29, 0.717) is 51.6 Å². The molecule has 0 spiro atoms. The Morgan fingerprint density at radius 3 is 2.74 bits per heavy atom. The molecule has 6 nitrogen and oxygen atoms in total. The molecule has 0 aliphatic carbocycles. The van der Waals surface area contributed by atoms with Crippen LogP contribution in [0, 0.1) is 0 Å². The smallest absolute Gasteiger partial charge is 0.251 e. The van der Waals surface area contributed by atoms with Crippen LogP contribution >= 0.6 is 34.8 Å². The van der Waals surface area contributed by atoms with Gasteiger partial charge in [0.1, 0.15) is 19.3 Å². The number of rotatable bonds is 3. The average Bonchev–Trinajstić information content (AvgIpc) is 2.95. The fourth-order valence-corrected chi connectivity index (χ4v) is 3.74. The maximum absolute atomic E-state index is 12.5. The summed E-state index contributed by atoms with van der Waals surface area (Å²) in [7, 11) is 0. The zero-order chi connectivity index (χ0) is 19.1. The van der Waals surface area contributed by atoms with E-state index in [4.69, 9.17) is 44.3 Å². The minimum atomic E-state index is -0.838. The van der Waals surface area contributed by atoms with Gasteiger partial charge < -0.3 is 20.1 Å². The molecule has 0 saturated carbocycles. The van der Waals surface area contributed by atoms with Crippen LogP contribution in [0.3, 0.4) is 0 Å². The van der Waals surface area contributed by atoms with Gasteiger partial charge in [0.25, 0.3) is 5.91 Å². The Morgan fingerprint density at radius 1 is 1.15 bits per heavy atom. The van der Waals surface area contributed by atoms with E-state index in [0.717, 1.165) is 0 Å². The summed E-state index contributed by atoms with van der Waals surface area (Å²) in [5.74, 6) is 0.258. The summed E-state index contributed by atoms with van der Waals surface area (Å²) < 4.78 is 11.0. The summed E-state index contributed by atoms with van der Waals surface area (Å²) in [5.41, 5.74) is 1.64. The summed E-state index contributed by atoms with van der Waals surface area (Å²) in [5, 5.41) is 6.31. The highest BCUT2D eigenvalue weighted by molar-refractivity contribution is 6.44. The SMILES string of the molecule is O=C(Cc1cc(Cl)c2c(c1)OCCO2)N[C@@H]1C(=O)Nc2c1ccc(Cl)c2Cl. The van der Waals surface area contributed by atoms with E-state index < -0.39 is 6.04 Å². The molecular formula is C18H13Cl3N2O4. The van der Waals surface area contributed by atoms with Crippen LogP contribution in [0.2, 0.25) is 15.1 Å². The van der Waals surface area contributed by atoms with Crippen molar-refractivity contribution in [2.45, 2.75) is 12.5 Å². The number of anilines is 1. The molecule has 0 aromatic heterocycles. The first kappa shape index (κ1) is 18.2. The first-order valence-electron chi connectivity index (χ1n) is 8.10. The van der Waals surface area contributed by atoms with E-state index in [-0.39, 0.29) is 23.3 Å². The molecule has 2 heterocycles. The van der Waals surface area contributed by atoms with E-state index in [2.05, 4.69) is 10.6 Å². The zero-order valence-corrected chi connectivity index (χ0v) is 16.0. The van der Waals surface area contributed by atoms with Gasteiger partial charge in [-0.25, -0.2) is 0 Å². The Kier molecular flexibility index (Phi) is 4.80. The lowest BCUT2D eigenvalue weighted by Gasteiger charge is -2.20. The molecule has 9 heteroatoms. The first-order chi connectivity index (χ1) is 12.9. The summed E-state index contributed by atoms with van der Waals surface area (Å²) in [6.45, 7) is 0.844. The molecule has 2 aliphatic rings. The largest absolute Gasteiger partial charge is 0.486 e. The van der Waals surface area contributed by atoms with E-state index in [9.17, 15) is 9.59 Å². The van der Waals surface area contributed by atoms with Gasteiger partial charge in [-0.05, 0) is 23.8 Å². The lowest BCUT2D eigenvalue weighted by atomic mass is 10.1. The second kappa shape index (κ2) is 7.11. The summed E-state index contributed by atoms with van der Waals surface area (Å²) >= 11 is 18.3. The Hall–Kier alpha value is -2.15. The van der Waals surface area contributed by atoms with Gasteiger partial charge in [-0.1, -0.05) is 40.9 Å². The van der Waals surface area contributed by atoms with Gasteiger partial charge in [0.15, 0.2) is 11.5 Å². The highest BCUT2D eigenvalue weighted by Crippen LogP contribution is 2.41. The molecule has 4 rings (SSSR count). The van der Waals surface area contributed by atoms with Crippen LogP contribution in [0.1, 0.15) is 17.2 Å². The number of nitrogens with one attached hydrogen (secondary N) is 2. The lowest BCUT2D eigenvalue weighted by Crippen LogP contribution is -2.33. The second-order valence-electron chi connectivity index (χ2n) is 6.09. The number of carbonyl (C=O) groups is 2. The molecule has 0 unspecified atom stereocenters. The van der Waals surface area contributed by atoms with Gasteiger partial charge in [0, 0.05) is 5.56 Å². The Labute approximate surface area is 169 Å². The van der Waals surface area contributed by atoms with Gasteiger partial charge in [-0.3, -0.25) is 9.59 Å². The van der Waals surface area contributed by atoms with Gasteiger partial charge >= 0.3 is 0 Å². The highest BCUT2D eigenvalue weighted by atomic mass is 35.5. The number of carbonyl (C=O) groups excluding carboxylic acids is 2. The standard InChI is InChI=1S/C18H13Cl3N2O4/c19-10-2-1-9-15(14(10)21)23-18(25)16(9)22-13(24)7-8-5-11(20)17-12(6-8)26-3-4-27-17/h1-2,5-6,16H,3-4,7H2,(H,22,24)(H,23,25)/t16-/m0/s1. The van der Waals surface area contributed by atoms with Crippen molar-refractivity contribution in [2.75, 3.05) is 18.5 Å². The van der Waals surface area contributed by atoms with Crippen molar-refractivity contribution in [3.8, 4) is 11.5 Å². The van der Waals surface area contributed by atoms with Crippen LogP contribution in [-0.2, 0) is 16.0 Å². The van der Waals surface area contributed by atoms with E-state index in [1.54, 1.807) is 24.3 Å². The van der Waals surface area contributed by atoms with Gasteiger partial charge in [0.05, 0.1) is 27.2 Å². The number of benzene rings is 2. The molecule has 0 bridgehead atoms. The molecule has 2 aliphatic heterocycles. The number of amides is 2. The van der Waals surface area contributed by atoms with E-state index in [1.807, 2.05) is 0 Å². The van der Waals surface area contributed by atoms with Gasteiger partial charge in [-0.15, -0.1) is 0 Å². The average molecular weight is 428 g/mol. The van der Waals surface area contributed by atoms with Gasteiger partial charge in [0.2, 0.25) is 5.91 Å². The number of hydrogen-bond donors (Lipinski definition) is 2. The topological polar surface area (TPSA) is 76.7 Å². The van der Waals surface area contributed by atoms with Crippen molar-refractivity contribution >= 4 is 52.3 Å².